The van der Waals surface area contributed by atoms with Crippen LogP contribution in [0.2, 0.25) is 0 Å². The zero-order valence-corrected chi connectivity index (χ0v) is 9.49. The summed E-state index contributed by atoms with van der Waals surface area (Å²) in [5.41, 5.74) is 2.10. The monoisotopic (exact) mass is 224 g/mol. The second-order valence-electron chi connectivity index (χ2n) is 3.80. The number of aryl methyl sites for hydroxylation is 1. The van der Waals surface area contributed by atoms with E-state index in [4.69, 9.17) is 0 Å². The lowest BCUT2D eigenvalue weighted by molar-refractivity contribution is 0.768. The van der Waals surface area contributed by atoms with Crippen molar-refractivity contribution in [3.63, 3.8) is 0 Å². The summed E-state index contributed by atoms with van der Waals surface area (Å²) in [5, 5.41) is 4.17. The fraction of sp³-hybridized carbons (Fsp3) is 0.0769. The Morgan fingerprint density at radius 2 is 1.82 bits per heavy atom. The van der Waals surface area contributed by atoms with Gasteiger partial charge in [-0.25, -0.2) is 4.98 Å². The third kappa shape index (κ3) is 1.63. The number of nitrogens with zero attached hydrogens (tertiary/aromatic N) is 4. The molecule has 0 atom stereocenters. The maximum atomic E-state index is 4.40. The van der Waals surface area contributed by atoms with Crippen LogP contribution in [-0.4, -0.2) is 19.3 Å². The molecule has 0 aliphatic rings. The maximum Gasteiger partial charge on any atom is 0.162 e. The van der Waals surface area contributed by atoms with Crippen LogP contribution in [-0.2, 0) is 7.05 Å². The van der Waals surface area contributed by atoms with Crippen LogP contribution in [0.3, 0.4) is 0 Å². The van der Waals surface area contributed by atoms with E-state index >= 15 is 0 Å². The molecule has 0 N–H and O–H groups in total. The van der Waals surface area contributed by atoms with Gasteiger partial charge in [-0.2, -0.15) is 5.10 Å². The van der Waals surface area contributed by atoms with Gasteiger partial charge in [0.15, 0.2) is 5.82 Å². The van der Waals surface area contributed by atoms with Gasteiger partial charge in [0, 0.05) is 31.3 Å². The molecule has 0 radical (unpaired) electrons. The van der Waals surface area contributed by atoms with E-state index in [2.05, 4.69) is 26.8 Å². The number of hydrogen-bond acceptors (Lipinski definition) is 2. The smallest absolute Gasteiger partial charge is 0.162 e. The predicted octanol–water partition coefficient (Wildman–Crippen LogP) is 2.27. The summed E-state index contributed by atoms with van der Waals surface area (Å²) in [4.78, 5) is 4.40. The molecule has 17 heavy (non-hydrogen) atoms. The van der Waals surface area contributed by atoms with Crippen molar-refractivity contribution in [2.24, 2.45) is 7.05 Å². The molecule has 0 unspecified atom stereocenters. The molecule has 0 aliphatic carbocycles. The molecular weight excluding hydrogens is 212 g/mol. The molecular formula is C13H12N4. The number of rotatable bonds is 2. The first-order valence-electron chi connectivity index (χ1n) is 5.43. The van der Waals surface area contributed by atoms with Crippen LogP contribution in [0.1, 0.15) is 0 Å². The average molecular weight is 224 g/mol. The number of benzene rings is 1. The maximum absolute atomic E-state index is 4.40. The Labute approximate surface area is 99.2 Å². The van der Waals surface area contributed by atoms with Crippen LogP contribution >= 0.6 is 0 Å². The summed E-state index contributed by atoms with van der Waals surface area (Å²) in [6.07, 6.45) is 5.53. The van der Waals surface area contributed by atoms with Gasteiger partial charge in [0.25, 0.3) is 0 Å². The summed E-state index contributed by atoms with van der Waals surface area (Å²) >= 11 is 0. The number of hydrogen-bond donors (Lipinski definition) is 0. The second kappa shape index (κ2) is 3.90. The molecule has 2 aromatic heterocycles. The predicted molar refractivity (Wildman–Crippen MR) is 65.8 cm³/mol. The second-order valence-corrected chi connectivity index (χ2v) is 3.80. The van der Waals surface area contributed by atoms with E-state index in [1.807, 2.05) is 42.2 Å². The van der Waals surface area contributed by atoms with E-state index in [9.17, 15) is 0 Å². The Kier molecular flexibility index (Phi) is 2.26. The molecule has 0 aliphatic heterocycles. The van der Waals surface area contributed by atoms with Crippen molar-refractivity contribution in [3.05, 3.63) is 55.0 Å². The molecule has 3 aromatic rings. The van der Waals surface area contributed by atoms with Crippen molar-refractivity contribution in [2.45, 2.75) is 0 Å². The molecule has 84 valence electrons. The van der Waals surface area contributed by atoms with Crippen molar-refractivity contribution >= 4 is 0 Å². The first-order valence-corrected chi connectivity index (χ1v) is 5.43. The SMILES string of the molecule is Cn1nccc1-c1nccn1-c1ccccc1. The van der Waals surface area contributed by atoms with Crippen molar-refractivity contribution in [1.82, 2.24) is 19.3 Å². The third-order valence-electron chi connectivity index (χ3n) is 2.73. The summed E-state index contributed by atoms with van der Waals surface area (Å²) in [5.74, 6) is 0.899. The van der Waals surface area contributed by atoms with Crippen molar-refractivity contribution in [2.75, 3.05) is 0 Å². The minimum Gasteiger partial charge on any atom is -0.299 e. The van der Waals surface area contributed by atoms with E-state index in [1.165, 1.54) is 0 Å². The molecule has 0 fully saturated rings. The van der Waals surface area contributed by atoms with Crippen LogP contribution < -0.4 is 0 Å². The van der Waals surface area contributed by atoms with Crippen molar-refractivity contribution in [3.8, 4) is 17.2 Å². The lowest BCUT2D eigenvalue weighted by atomic mass is 10.3. The van der Waals surface area contributed by atoms with Crippen LogP contribution in [0.15, 0.2) is 55.0 Å². The van der Waals surface area contributed by atoms with Crippen LogP contribution in [0, 0.1) is 0 Å². The van der Waals surface area contributed by atoms with Gasteiger partial charge < -0.3 is 0 Å². The average Bonchev–Trinajstić information content (AvgIpc) is 2.98. The Bertz CT molecular complexity index is 622. The lowest BCUT2D eigenvalue weighted by Crippen LogP contribution is -2.00. The normalized spacial score (nSPS) is 10.6. The quantitative estimate of drug-likeness (QED) is 0.669. The first kappa shape index (κ1) is 9.84. The largest absolute Gasteiger partial charge is 0.299 e. The number of imidazole rings is 1. The molecule has 4 nitrogen and oxygen atoms in total. The highest BCUT2D eigenvalue weighted by Crippen LogP contribution is 2.20. The first-order chi connectivity index (χ1) is 8.36. The summed E-state index contributed by atoms with van der Waals surface area (Å²) in [6, 6.07) is 12.1. The number of aromatic nitrogens is 4. The zero-order chi connectivity index (χ0) is 11.7. The number of para-hydroxylation sites is 1. The van der Waals surface area contributed by atoms with Crippen molar-refractivity contribution in [1.29, 1.82) is 0 Å². The molecule has 1 aromatic carbocycles. The summed E-state index contributed by atoms with van der Waals surface area (Å²) < 4.78 is 3.87. The van der Waals surface area contributed by atoms with Gasteiger partial charge in [0.05, 0.1) is 0 Å². The van der Waals surface area contributed by atoms with E-state index in [0.29, 0.717) is 0 Å². The summed E-state index contributed by atoms with van der Waals surface area (Å²) in [7, 11) is 1.92. The van der Waals surface area contributed by atoms with Gasteiger partial charge in [-0.3, -0.25) is 9.25 Å². The Morgan fingerprint density at radius 3 is 2.53 bits per heavy atom. The van der Waals surface area contributed by atoms with Gasteiger partial charge in [-0.15, -0.1) is 0 Å². The van der Waals surface area contributed by atoms with Crippen LogP contribution in [0.5, 0.6) is 0 Å². The van der Waals surface area contributed by atoms with Crippen LogP contribution in [0.25, 0.3) is 17.2 Å². The van der Waals surface area contributed by atoms with Gasteiger partial charge in [-0.1, -0.05) is 18.2 Å². The van der Waals surface area contributed by atoms with E-state index in [1.54, 1.807) is 12.4 Å². The van der Waals surface area contributed by atoms with E-state index in [0.717, 1.165) is 17.2 Å². The Hall–Kier alpha value is -2.36. The molecule has 0 saturated carbocycles. The standard InChI is InChI=1S/C13H12N4/c1-16-12(7-8-15-16)13-14-9-10-17(13)11-5-3-2-4-6-11/h2-10H,1H3. The summed E-state index contributed by atoms with van der Waals surface area (Å²) in [6.45, 7) is 0. The Balaban J connectivity index is 2.16. The minimum absolute atomic E-state index is 0.899. The molecule has 2 heterocycles. The fourth-order valence-electron chi connectivity index (χ4n) is 1.88. The topological polar surface area (TPSA) is 35.6 Å². The minimum atomic E-state index is 0.899. The highest BCUT2D eigenvalue weighted by atomic mass is 15.3. The molecule has 0 saturated heterocycles. The third-order valence-corrected chi connectivity index (χ3v) is 2.73. The van der Waals surface area contributed by atoms with E-state index in [-0.39, 0.29) is 0 Å². The zero-order valence-electron chi connectivity index (χ0n) is 9.49. The lowest BCUT2D eigenvalue weighted by Gasteiger charge is -2.07. The Morgan fingerprint density at radius 1 is 1.00 bits per heavy atom. The van der Waals surface area contributed by atoms with E-state index < -0.39 is 0 Å². The van der Waals surface area contributed by atoms with Gasteiger partial charge in [0.1, 0.15) is 5.69 Å². The molecule has 4 heteroatoms. The van der Waals surface area contributed by atoms with Crippen LogP contribution in [0.4, 0.5) is 0 Å². The van der Waals surface area contributed by atoms with Crippen molar-refractivity contribution < 1.29 is 0 Å². The molecule has 0 spiro atoms. The highest BCUT2D eigenvalue weighted by molar-refractivity contribution is 5.54. The highest BCUT2D eigenvalue weighted by Gasteiger charge is 2.10. The van der Waals surface area contributed by atoms with Gasteiger partial charge in [0.2, 0.25) is 0 Å². The molecule has 3 rings (SSSR count). The van der Waals surface area contributed by atoms with Gasteiger partial charge in [-0.05, 0) is 18.2 Å². The molecule has 0 amide bonds. The van der Waals surface area contributed by atoms with Gasteiger partial charge >= 0.3 is 0 Å². The fourth-order valence-corrected chi connectivity index (χ4v) is 1.88. The molecule has 0 bridgehead atoms.